The smallest absolute Gasteiger partial charge is 0.317 e. The van der Waals surface area contributed by atoms with Gasteiger partial charge >= 0.3 is 11.9 Å². The lowest BCUT2D eigenvalue weighted by Crippen LogP contribution is -2.61. The maximum absolute atomic E-state index is 12.9. The van der Waals surface area contributed by atoms with Gasteiger partial charge in [0.2, 0.25) is 12.6 Å². The minimum absolute atomic E-state index is 0.0442. The molecular weight excluding hydrogens is 788 g/mol. The van der Waals surface area contributed by atoms with Gasteiger partial charge in [0.1, 0.15) is 72.2 Å². The molecule has 2 aromatic rings. The molecule has 59 heavy (non-hydrogen) atoms. The largest absolute Gasteiger partial charge is 0.508 e. The van der Waals surface area contributed by atoms with Gasteiger partial charge in [-0.15, -0.1) is 0 Å². The molecule has 0 radical (unpaired) electrons. The Labute approximate surface area is 332 Å². The van der Waals surface area contributed by atoms with Gasteiger partial charge in [0.05, 0.1) is 18.8 Å². The van der Waals surface area contributed by atoms with Crippen LogP contribution in [0.2, 0.25) is 0 Å². The normalized spacial score (nSPS) is 27.6. The molecule has 0 amide bonds. The van der Waals surface area contributed by atoms with E-state index in [1.807, 2.05) is 0 Å². The number of hydrogen-bond donors (Lipinski definition) is 10. The summed E-state index contributed by atoms with van der Waals surface area (Å²) in [7, 11) is 0. The van der Waals surface area contributed by atoms with Crippen LogP contribution in [0.3, 0.4) is 0 Å². The zero-order valence-corrected chi connectivity index (χ0v) is 30.5. The number of aliphatic hydroxyl groups is 7. The molecule has 1 aliphatic carbocycles. The summed E-state index contributed by atoms with van der Waals surface area (Å²) in [4.78, 5) is 35.8. The van der Waals surface area contributed by atoms with Crippen LogP contribution >= 0.6 is 0 Å². The molecule has 3 aliphatic heterocycles. The molecule has 11 atom stereocenters. The molecule has 0 saturated carbocycles. The highest BCUT2D eigenvalue weighted by Gasteiger charge is 2.49. The zero-order chi connectivity index (χ0) is 42.5. The number of carboxylic acids is 1. The third kappa shape index (κ3) is 10.1. The van der Waals surface area contributed by atoms with Gasteiger partial charge in [-0.3, -0.25) is 14.4 Å². The molecule has 6 rings (SSSR count). The monoisotopic (exact) mass is 828 g/mol. The number of benzene rings is 3. The molecule has 3 heterocycles. The van der Waals surface area contributed by atoms with E-state index in [9.17, 15) is 60.3 Å². The Hall–Kier alpha value is -5.65. The van der Waals surface area contributed by atoms with Crippen molar-refractivity contribution >= 4 is 18.0 Å². The number of aliphatic hydroxyl groups excluding tert-OH is 7. The van der Waals surface area contributed by atoms with E-state index in [4.69, 9.17) is 37.9 Å². The second-order valence-electron chi connectivity index (χ2n) is 13.5. The molecule has 20 nitrogen and oxygen atoms in total. The van der Waals surface area contributed by atoms with Gasteiger partial charge in [-0.2, -0.15) is 0 Å². The third-order valence-corrected chi connectivity index (χ3v) is 9.23. The van der Waals surface area contributed by atoms with Crippen LogP contribution in [0, 0.1) is 0 Å². The quantitative estimate of drug-likeness (QED) is 0.0425. The number of carbonyl (C=O) groups excluding carboxylic acids is 1. The van der Waals surface area contributed by atoms with Crippen molar-refractivity contribution in [3.05, 3.63) is 88.6 Å². The summed E-state index contributed by atoms with van der Waals surface area (Å²) in [5.74, 6) is -3.72. The van der Waals surface area contributed by atoms with Gasteiger partial charge in [-0.1, -0.05) is 18.2 Å². The van der Waals surface area contributed by atoms with Crippen LogP contribution in [0.4, 0.5) is 0 Å². The summed E-state index contributed by atoms with van der Waals surface area (Å²) in [6.45, 7) is -1.42. The number of aromatic hydroxyl groups is 2. The fraction of sp³-hybridized carbons (Fsp3) is 0.359. The molecule has 4 aliphatic rings. The number of rotatable bonds is 14. The highest BCUT2D eigenvalue weighted by atomic mass is 16.7. The first-order valence-corrected chi connectivity index (χ1v) is 17.9. The Morgan fingerprint density at radius 2 is 1.37 bits per heavy atom. The Morgan fingerprint density at radius 1 is 0.763 bits per heavy atom. The maximum atomic E-state index is 12.9. The predicted molar refractivity (Wildman–Crippen MR) is 196 cm³/mol. The SMILES string of the molecule is O=C(O)CC(=O)O[C@H]1[C@H](O)[C@@H](O)[C@H](Oc2cc(=O)cc3oc(-c4ccc(O)cc4)c(O[C@@H]4O[C@H](COC(O)C=Cc5ccc(O)cc5)[C@@H](O)[C@H](O)[C@H]4O)cc2-3)O[C@@H]1CO. The summed E-state index contributed by atoms with van der Waals surface area (Å²) in [6.07, 6.45) is -17.6. The number of esters is 1. The molecule has 2 saturated heterocycles. The maximum Gasteiger partial charge on any atom is 0.317 e. The molecular formula is C39H40O20. The van der Waals surface area contributed by atoms with Crippen LogP contribution in [0.5, 0.6) is 23.0 Å². The second-order valence-corrected chi connectivity index (χ2v) is 13.5. The number of fused-ring (bicyclic) bond motifs is 1. The van der Waals surface area contributed by atoms with E-state index in [0.717, 1.165) is 12.1 Å². The second kappa shape index (κ2) is 18.5. The fourth-order valence-electron chi connectivity index (χ4n) is 6.20. The molecule has 0 aromatic heterocycles. The number of phenols is 2. The predicted octanol–water partition coefficient (Wildman–Crippen LogP) is -0.738. The Balaban J connectivity index is 1.28. The topological polar surface area (TPSA) is 322 Å². The summed E-state index contributed by atoms with van der Waals surface area (Å²) >= 11 is 0. The third-order valence-electron chi connectivity index (χ3n) is 9.23. The fourth-order valence-corrected chi connectivity index (χ4v) is 6.20. The van der Waals surface area contributed by atoms with Gasteiger partial charge in [-0.25, -0.2) is 0 Å². The summed E-state index contributed by atoms with van der Waals surface area (Å²) < 4.78 is 39.7. The van der Waals surface area contributed by atoms with E-state index in [1.165, 1.54) is 54.6 Å². The van der Waals surface area contributed by atoms with E-state index in [1.54, 1.807) is 12.1 Å². The first-order valence-electron chi connectivity index (χ1n) is 17.9. The van der Waals surface area contributed by atoms with Crippen molar-refractivity contribution in [1.29, 1.82) is 0 Å². The minimum Gasteiger partial charge on any atom is -0.508 e. The van der Waals surface area contributed by atoms with Crippen LogP contribution in [0.25, 0.3) is 28.7 Å². The molecule has 0 bridgehead atoms. The van der Waals surface area contributed by atoms with E-state index in [-0.39, 0.29) is 45.6 Å². The summed E-state index contributed by atoms with van der Waals surface area (Å²) in [5, 5.41) is 103. The number of carbonyl (C=O) groups is 2. The molecule has 20 heteroatoms. The van der Waals surface area contributed by atoms with Crippen LogP contribution in [0.15, 0.2) is 82.0 Å². The Morgan fingerprint density at radius 3 is 2.02 bits per heavy atom. The number of ether oxygens (including phenoxy) is 6. The lowest BCUT2D eigenvalue weighted by molar-refractivity contribution is -0.284. The molecule has 0 spiro atoms. The van der Waals surface area contributed by atoms with Crippen molar-refractivity contribution in [3.8, 4) is 45.6 Å². The molecule has 2 aromatic carbocycles. The van der Waals surface area contributed by atoms with Gasteiger partial charge < -0.3 is 83.9 Å². The molecule has 316 valence electrons. The van der Waals surface area contributed by atoms with Crippen LogP contribution in [-0.2, 0) is 28.5 Å². The summed E-state index contributed by atoms with van der Waals surface area (Å²) in [6, 6.07) is 14.8. The number of phenolic OH excluding ortho intramolecular Hbond substituents is 2. The molecule has 10 N–H and O–H groups in total. The van der Waals surface area contributed by atoms with Gasteiger partial charge in [0.25, 0.3) is 0 Å². The van der Waals surface area contributed by atoms with Crippen molar-refractivity contribution in [2.75, 3.05) is 13.2 Å². The van der Waals surface area contributed by atoms with Crippen molar-refractivity contribution in [2.45, 2.75) is 74.1 Å². The lowest BCUT2D eigenvalue weighted by Gasteiger charge is -2.41. The standard InChI is InChI=1S/C39H40O20/c40-15-26-37(59-30(47)14-28(44)45)33(50)35(52)39(57-26)55-24-12-21(43)11-23-22(24)13-25(36(54-23)18-4-8-20(42)9-5-18)56-38-34(51)32(49)31(48)27(58-38)16-53-29(46)10-3-17-1-6-19(41)7-2-17/h1-13,26-27,29,31-35,37-42,46,48-52H,14-16H2,(H,44,45)/t26-,27-,29?,31-,32+,33-,34-,35-,37-,38-,39-/m1/s1. The van der Waals surface area contributed by atoms with Crippen molar-refractivity contribution in [3.63, 3.8) is 0 Å². The zero-order valence-electron chi connectivity index (χ0n) is 30.5. The number of carboxylic acid groups (broad SMARTS) is 1. The Kier molecular flexibility index (Phi) is 13.5. The van der Waals surface area contributed by atoms with Gasteiger partial charge in [0, 0.05) is 17.7 Å². The minimum atomic E-state index is -2.01. The van der Waals surface area contributed by atoms with Crippen LogP contribution in [-0.4, -0.2) is 144 Å². The van der Waals surface area contributed by atoms with Crippen molar-refractivity contribution in [2.24, 2.45) is 0 Å². The first-order chi connectivity index (χ1) is 28.1. The number of aliphatic carboxylic acids is 1. The van der Waals surface area contributed by atoms with Crippen molar-refractivity contribution < 1.29 is 93.5 Å². The Bertz CT molecular complexity index is 2120. The van der Waals surface area contributed by atoms with Gasteiger partial charge in [-0.05, 0) is 54.1 Å². The van der Waals surface area contributed by atoms with E-state index < -0.39 is 105 Å². The number of hydrogen-bond acceptors (Lipinski definition) is 19. The van der Waals surface area contributed by atoms with Crippen molar-refractivity contribution in [1.82, 2.24) is 0 Å². The van der Waals surface area contributed by atoms with E-state index in [2.05, 4.69) is 0 Å². The average molecular weight is 829 g/mol. The summed E-state index contributed by atoms with van der Waals surface area (Å²) in [5.41, 5.74) is 0.156. The van der Waals surface area contributed by atoms with Crippen LogP contribution < -0.4 is 14.9 Å². The lowest BCUT2D eigenvalue weighted by atomic mass is 9.98. The first kappa shape index (κ1) is 42.9. The van der Waals surface area contributed by atoms with Gasteiger partial charge in [0.15, 0.2) is 29.3 Å². The van der Waals surface area contributed by atoms with Crippen LogP contribution in [0.1, 0.15) is 12.0 Å². The highest BCUT2D eigenvalue weighted by molar-refractivity contribution is 5.90. The highest BCUT2D eigenvalue weighted by Crippen LogP contribution is 2.43. The molecule has 1 unspecified atom stereocenters. The average Bonchev–Trinajstić information content (AvgIpc) is 3.20. The van der Waals surface area contributed by atoms with E-state index in [0.29, 0.717) is 5.56 Å². The van der Waals surface area contributed by atoms with E-state index >= 15 is 0 Å². The molecule has 2 fully saturated rings.